The van der Waals surface area contributed by atoms with E-state index in [0.29, 0.717) is 0 Å². The molecule has 0 N–H and O–H groups in total. The van der Waals surface area contributed by atoms with Crippen molar-refractivity contribution >= 4 is 17.4 Å². The molecule has 0 radical (unpaired) electrons. The lowest BCUT2D eigenvalue weighted by molar-refractivity contribution is -0.146. The van der Waals surface area contributed by atoms with Gasteiger partial charge < -0.3 is 14.4 Å². The van der Waals surface area contributed by atoms with Crippen molar-refractivity contribution in [1.82, 2.24) is 0 Å². The molecule has 0 amide bonds. The highest BCUT2D eigenvalue weighted by Crippen LogP contribution is 2.46. The average Bonchev–Trinajstić information content (AvgIpc) is 2.88. The quantitative estimate of drug-likeness (QED) is 0.566. The third-order valence-electron chi connectivity index (χ3n) is 5.12. The zero-order chi connectivity index (χ0) is 20.3. The monoisotopic (exact) mass is 379 g/mol. The molecule has 146 valence electrons. The molecule has 1 heterocycles. The summed E-state index contributed by atoms with van der Waals surface area (Å²) in [6.07, 6.45) is 1.70. The van der Waals surface area contributed by atoms with Crippen molar-refractivity contribution in [1.29, 1.82) is 0 Å². The first-order valence-corrected chi connectivity index (χ1v) is 9.19. The van der Waals surface area contributed by atoms with Crippen molar-refractivity contribution < 1.29 is 19.1 Å². The lowest BCUT2D eigenvalue weighted by Gasteiger charge is -2.23. The van der Waals surface area contributed by atoms with Gasteiger partial charge in [0.05, 0.1) is 13.5 Å². The van der Waals surface area contributed by atoms with Gasteiger partial charge in [-0.15, -0.1) is 0 Å². The van der Waals surface area contributed by atoms with Crippen molar-refractivity contribution in [2.45, 2.75) is 25.7 Å². The Balaban J connectivity index is 1.61. The number of fused-ring (bicyclic) bond motifs is 1. The number of carbonyl (C=O) groups excluding carboxylic acids is 2. The van der Waals surface area contributed by atoms with E-state index in [1.165, 1.54) is 5.56 Å². The number of esters is 1. The molecule has 5 heteroatoms. The van der Waals surface area contributed by atoms with Crippen LogP contribution in [0.3, 0.4) is 0 Å². The summed E-state index contributed by atoms with van der Waals surface area (Å²) >= 11 is 0. The summed E-state index contributed by atoms with van der Waals surface area (Å²) in [4.78, 5) is 26.5. The molecule has 0 atom stereocenters. The van der Waals surface area contributed by atoms with Crippen LogP contribution >= 0.6 is 0 Å². The van der Waals surface area contributed by atoms with Gasteiger partial charge in [-0.3, -0.25) is 9.59 Å². The Bertz CT molecular complexity index is 912. The topological polar surface area (TPSA) is 55.8 Å². The highest BCUT2D eigenvalue weighted by molar-refractivity contribution is 5.94. The van der Waals surface area contributed by atoms with Gasteiger partial charge in [0, 0.05) is 29.9 Å². The van der Waals surface area contributed by atoms with E-state index in [-0.39, 0.29) is 24.2 Å². The maximum atomic E-state index is 12.4. The lowest BCUT2D eigenvalue weighted by Crippen LogP contribution is -2.25. The van der Waals surface area contributed by atoms with Crippen LogP contribution in [0.4, 0.5) is 5.69 Å². The number of ketones is 1. The molecule has 0 aromatic heterocycles. The number of methoxy groups -OCH3 is 1. The molecule has 2 aromatic rings. The predicted molar refractivity (Wildman–Crippen MR) is 109 cm³/mol. The number of carbonyl (C=O) groups is 2. The summed E-state index contributed by atoms with van der Waals surface area (Å²) in [5, 5.41) is 0. The fraction of sp³-hybridized carbons (Fsp3) is 0.304. The van der Waals surface area contributed by atoms with Crippen LogP contribution in [0.2, 0.25) is 0 Å². The van der Waals surface area contributed by atoms with E-state index in [9.17, 15) is 9.59 Å². The molecule has 5 nitrogen and oxygen atoms in total. The average molecular weight is 379 g/mol. The van der Waals surface area contributed by atoms with Gasteiger partial charge >= 0.3 is 5.97 Å². The van der Waals surface area contributed by atoms with Crippen LogP contribution in [0.15, 0.2) is 60.3 Å². The second-order valence-corrected chi connectivity index (χ2v) is 7.38. The number of benzene rings is 2. The Hall–Kier alpha value is -3.08. The fourth-order valence-corrected chi connectivity index (χ4v) is 3.57. The van der Waals surface area contributed by atoms with Gasteiger partial charge in [0.25, 0.3) is 0 Å². The second-order valence-electron chi connectivity index (χ2n) is 7.38. The van der Waals surface area contributed by atoms with Crippen molar-refractivity contribution in [3.05, 3.63) is 71.4 Å². The first-order valence-electron chi connectivity index (χ1n) is 9.19. The zero-order valence-corrected chi connectivity index (χ0v) is 16.7. The van der Waals surface area contributed by atoms with Crippen LogP contribution in [0.25, 0.3) is 0 Å². The van der Waals surface area contributed by atoms with Crippen LogP contribution in [0.1, 0.15) is 25.0 Å². The van der Waals surface area contributed by atoms with Crippen LogP contribution in [-0.4, -0.2) is 32.5 Å². The van der Waals surface area contributed by atoms with Crippen LogP contribution < -0.4 is 9.64 Å². The molecule has 0 bridgehead atoms. The fourth-order valence-electron chi connectivity index (χ4n) is 3.57. The summed E-state index contributed by atoms with van der Waals surface area (Å²) in [6.45, 7) is 3.91. The van der Waals surface area contributed by atoms with E-state index in [1.54, 1.807) is 37.5 Å². The summed E-state index contributed by atoms with van der Waals surface area (Å²) in [6, 6.07) is 15.3. The van der Waals surface area contributed by atoms with Gasteiger partial charge in [-0.1, -0.05) is 44.2 Å². The van der Waals surface area contributed by atoms with E-state index in [1.807, 2.05) is 30.1 Å². The number of anilines is 1. The summed E-state index contributed by atoms with van der Waals surface area (Å²) in [5.41, 5.74) is 3.68. The Labute approximate surface area is 165 Å². The van der Waals surface area contributed by atoms with Crippen molar-refractivity contribution in [2.24, 2.45) is 0 Å². The number of allylic oxidation sites excluding steroid dienone is 1. The molecule has 0 fully saturated rings. The SMILES string of the molecule is COc1ccc(CC(=O)OCC(=O)C=C2N(C)c3ccccc3C2(C)C)cc1. The lowest BCUT2D eigenvalue weighted by atomic mass is 9.83. The van der Waals surface area contributed by atoms with Crippen molar-refractivity contribution in [2.75, 3.05) is 25.7 Å². The number of nitrogens with zero attached hydrogens (tertiary/aromatic N) is 1. The normalized spacial score (nSPS) is 16.0. The molecule has 1 aliphatic rings. The third kappa shape index (κ3) is 3.93. The zero-order valence-electron chi connectivity index (χ0n) is 16.7. The number of rotatable bonds is 6. The Morgan fingerprint density at radius 1 is 1.07 bits per heavy atom. The highest BCUT2D eigenvalue weighted by atomic mass is 16.5. The summed E-state index contributed by atoms with van der Waals surface area (Å²) < 4.78 is 10.3. The molecule has 28 heavy (non-hydrogen) atoms. The second kappa shape index (κ2) is 7.89. The minimum atomic E-state index is -0.431. The Morgan fingerprint density at radius 2 is 1.75 bits per heavy atom. The van der Waals surface area contributed by atoms with E-state index in [0.717, 1.165) is 22.7 Å². The first-order chi connectivity index (χ1) is 13.3. The maximum absolute atomic E-state index is 12.4. The Kier molecular flexibility index (Phi) is 5.54. The third-order valence-corrected chi connectivity index (χ3v) is 5.12. The largest absolute Gasteiger partial charge is 0.497 e. The molecule has 3 rings (SSSR count). The summed E-state index contributed by atoms with van der Waals surface area (Å²) in [5.74, 6) is 0.0632. The standard InChI is InChI=1S/C23H25NO4/c1-23(2)19-7-5-6-8-20(19)24(3)21(23)14-17(25)15-28-22(26)13-16-9-11-18(27-4)12-10-16/h5-12,14H,13,15H2,1-4H3. The van der Waals surface area contributed by atoms with Crippen molar-refractivity contribution in [3.8, 4) is 5.75 Å². The highest BCUT2D eigenvalue weighted by Gasteiger charge is 2.38. The number of para-hydroxylation sites is 1. The van der Waals surface area contributed by atoms with Gasteiger partial charge in [-0.2, -0.15) is 0 Å². The summed E-state index contributed by atoms with van der Waals surface area (Å²) in [7, 11) is 3.54. The molecule has 2 aromatic carbocycles. The minimum absolute atomic E-state index is 0.116. The number of hydrogen-bond acceptors (Lipinski definition) is 5. The molecule has 0 saturated carbocycles. The molecule has 0 saturated heterocycles. The number of ether oxygens (including phenoxy) is 2. The van der Waals surface area contributed by atoms with E-state index in [4.69, 9.17) is 9.47 Å². The molecular formula is C23H25NO4. The van der Waals surface area contributed by atoms with E-state index >= 15 is 0 Å². The van der Waals surface area contributed by atoms with Gasteiger partial charge in [0.15, 0.2) is 12.4 Å². The van der Waals surface area contributed by atoms with Crippen LogP contribution in [0.5, 0.6) is 5.75 Å². The molecule has 0 unspecified atom stereocenters. The molecule has 1 aliphatic heterocycles. The van der Waals surface area contributed by atoms with Gasteiger partial charge in [-0.25, -0.2) is 0 Å². The van der Waals surface area contributed by atoms with E-state index < -0.39 is 5.97 Å². The van der Waals surface area contributed by atoms with E-state index in [2.05, 4.69) is 19.9 Å². The van der Waals surface area contributed by atoms with Gasteiger partial charge in [0.2, 0.25) is 0 Å². The van der Waals surface area contributed by atoms with Gasteiger partial charge in [-0.05, 0) is 29.3 Å². The molecule has 0 spiro atoms. The minimum Gasteiger partial charge on any atom is -0.497 e. The van der Waals surface area contributed by atoms with Crippen molar-refractivity contribution in [3.63, 3.8) is 0 Å². The molecule has 0 aliphatic carbocycles. The smallest absolute Gasteiger partial charge is 0.310 e. The number of hydrogen-bond donors (Lipinski definition) is 0. The predicted octanol–water partition coefficient (Wildman–Crippen LogP) is 3.66. The van der Waals surface area contributed by atoms with Crippen LogP contribution in [-0.2, 0) is 26.2 Å². The van der Waals surface area contributed by atoms with Crippen LogP contribution in [0, 0.1) is 0 Å². The van der Waals surface area contributed by atoms with Gasteiger partial charge in [0.1, 0.15) is 5.75 Å². The Morgan fingerprint density at radius 3 is 2.39 bits per heavy atom. The maximum Gasteiger partial charge on any atom is 0.310 e. The number of likely N-dealkylation sites (N-methyl/N-ethyl adjacent to an activating group) is 1. The molecular weight excluding hydrogens is 354 g/mol. The first kappa shape index (κ1) is 19.7.